The number of carbonyl (C=O) groups is 1. The fourth-order valence-corrected chi connectivity index (χ4v) is 6.19. The van der Waals surface area contributed by atoms with E-state index in [1.54, 1.807) is 33.5 Å². The summed E-state index contributed by atoms with van der Waals surface area (Å²) in [4.78, 5) is 15.4. The van der Waals surface area contributed by atoms with Crippen LogP contribution in [-0.4, -0.2) is 31.7 Å². The number of rotatable bonds is 5. The van der Waals surface area contributed by atoms with Crippen LogP contribution in [0.15, 0.2) is 77.7 Å². The van der Waals surface area contributed by atoms with Crippen molar-refractivity contribution in [3.63, 3.8) is 0 Å². The third-order valence-corrected chi connectivity index (χ3v) is 8.36. The summed E-state index contributed by atoms with van der Waals surface area (Å²) in [6.45, 7) is 3.15. The summed E-state index contributed by atoms with van der Waals surface area (Å²) in [5.41, 5.74) is 4.17. The predicted molar refractivity (Wildman–Crippen MR) is 130 cm³/mol. The number of nitrogens with one attached hydrogen (secondary N) is 1. The molecule has 0 radical (unpaired) electrons. The van der Waals surface area contributed by atoms with Crippen LogP contribution in [0.2, 0.25) is 0 Å². The highest BCUT2D eigenvalue weighted by Gasteiger charge is 2.38. The Balaban J connectivity index is 1.45. The molecule has 0 spiro atoms. The Bertz CT molecular complexity index is 1280. The van der Waals surface area contributed by atoms with Crippen LogP contribution in [0, 0.1) is 6.92 Å². The molecular formula is C26H27N3O3S. The van der Waals surface area contributed by atoms with Crippen LogP contribution in [0.4, 0.5) is 11.4 Å². The number of benzene rings is 3. The SMILES string of the molecule is Cc1ccccc1N1C(=O)c2ccccc2[C@@H]1Nc1ccc(S(=O)(=O)N2CCCCC2)cc1. The van der Waals surface area contributed by atoms with E-state index in [0.717, 1.165) is 41.8 Å². The largest absolute Gasteiger partial charge is 0.361 e. The number of carbonyl (C=O) groups excluding carboxylic acids is 1. The molecule has 33 heavy (non-hydrogen) atoms. The quantitative estimate of drug-likeness (QED) is 0.584. The fourth-order valence-electron chi connectivity index (χ4n) is 4.68. The van der Waals surface area contributed by atoms with Crippen LogP contribution in [-0.2, 0) is 10.0 Å². The van der Waals surface area contributed by atoms with Gasteiger partial charge in [0.2, 0.25) is 10.0 Å². The first-order valence-corrected chi connectivity index (χ1v) is 12.8. The van der Waals surface area contributed by atoms with E-state index < -0.39 is 10.0 Å². The molecule has 1 N–H and O–H groups in total. The first-order chi connectivity index (χ1) is 16.0. The molecule has 2 aliphatic heterocycles. The average Bonchev–Trinajstić information content (AvgIpc) is 3.12. The summed E-state index contributed by atoms with van der Waals surface area (Å²) in [6.07, 6.45) is 2.50. The van der Waals surface area contributed by atoms with Gasteiger partial charge >= 0.3 is 0 Å². The van der Waals surface area contributed by atoms with Crippen LogP contribution in [0.5, 0.6) is 0 Å². The molecule has 5 rings (SSSR count). The lowest BCUT2D eigenvalue weighted by atomic mass is 10.1. The number of amides is 1. The van der Waals surface area contributed by atoms with Crippen molar-refractivity contribution in [1.29, 1.82) is 0 Å². The van der Waals surface area contributed by atoms with Gasteiger partial charge in [-0.3, -0.25) is 9.69 Å². The highest BCUT2D eigenvalue weighted by atomic mass is 32.2. The Kier molecular flexibility index (Phi) is 5.68. The lowest BCUT2D eigenvalue weighted by molar-refractivity contribution is 0.0992. The number of sulfonamides is 1. The van der Waals surface area contributed by atoms with Crippen molar-refractivity contribution in [2.45, 2.75) is 37.2 Å². The number of fused-ring (bicyclic) bond motifs is 1. The predicted octanol–water partition coefficient (Wildman–Crippen LogP) is 4.94. The monoisotopic (exact) mass is 461 g/mol. The van der Waals surface area contributed by atoms with E-state index in [0.29, 0.717) is 23.5 Å². The van der Waals surface area contributed by atoms with E-state index in [2.05, 4.69) is 5.32 Å². The van der Waals surface area contributed by atoms with Gasteiger partial charge in [0.1, 0.15) is 6.17 Å². The lowest BCUT2D eigenvalue weighted by Gasteiger charge is -2.29. The molecule has 6 nitrogen and oxygen atoms in total. The van der Waals surface area contributed by atoms with Crippen molar-refractivity contribution >= 4 is 27.3 Å². The molecule has 3 aromatic rings. The zero-order chi connectivity index (χ0) is 23.0. The first-order valence-electron chi connectivity index (χ1n) is 11.3. The van der Waals surface area contributed by atoms with Gasteiger partial charge in [-0.15, -0.1) is 0 Å². The van der Waals surface area contributed by atoms with E-state index >= 15 is 0 Å². The van der Waals surface area contributed by atoms with Gasteiger partial charge < -0.3 is 5.32 Å². The number of aryl methyl sites for hydroxylation is 1. The Morgan fingerprint density at radius 1 is 0.848 bits per heavy atom. The molecule has 170 valence electrons. The summed E-state index contributed by atoms with van der Waals surface area (Å²) in [6, 6.07) is 22.3. The maximum Gasteiger partial charge on any atom is 0.260 e. The lowest BCUT2D eigenvalue weighted by Crippen LogP contribution is -2.35. The van der Waals surface area contributed by atoms with E-state index in [-0.39, 0.29) is 12.1 Å². The van der Waals surface area contributed by atoms with Gasteiger partial charge in [-0.2, -0.15) is 4.31 Å². The number of hydrogen-bond acceptors (Lipinski definition) is 4. The van der Waals surface area contributed by atoms with Gasteiger partial charge in [0.15, 0.2) is 0 Å². The average molecular weight is 462 g/mol. The molecule has 1 saturated heterocycles. The third kappa shape index (κ3) is 3.92. The molecule has 2 heterocycles. The summed E-state index contributed by atoms with van der Waals surface area (Å²) in [5, 5.41) is 3.46. The Hall–Kier alpha value is -3.16. The summed E-state index contributed by atoms with van der Waals surface area (Å²) in [5.74, 6) is -0.0540. The minimum absolute atomic E-state index is 0.0540. The van der Waals surface area contributed by atoms with Crippen LogP contribution in [0.1, 0.15) is 46.9 Å². The second-order valence-electron chi connectivity index (χ2n) is 8.58. The Morgan fingerprint density at radius 3 is 2.24 bits per heavy atom. The first kappa shape index (κ1) is 21.7. The molecule has 1 amide bonds. The molecule has 0 saturated carbocycles. The van der Waals surface area contributed by atoms with Gasteiger partial charge in [-0.25, -0.2) is 8.42 Å². The standard InChI is InChI=1S/C26H27N3O3S/c1-19-9-3-6-12-24(19)29-25(22-10-4-5-11-23(22)26(29)30)27-20-13-15-21(16-14-20)33(31,32)28-17-7-2-8-18-28/h3-6,9-16,25,27H,2,7-8,17-18H2,1H3/t25-/m1/s1. The van der Waals surface area contributed by atoms with E-state index in [1.807, 2.05) is 55.5 Å². The molecule has 1 fully saturated rings. The van der Waals surface area contributed by atoms with Crippen molar-refractivity contribution in [2.24, 2.45) is 0 Å². The molecule has 0 bridgehead atoms. The van der Waals surface area contributed by atoms with Crippen LogP contribution < -0.4 is 10.2 Å². The fraction of sp³-hybridized carbons (Fsp3) is 0.269. The Labute approximate surface area is 194 Å². The molecular weight excluding hydrogens is 434 g/mol. The van der Waals surface area contributed by atoms with Crippen molar-refractivity contribution in [1.82, 2.24) is 4.31 Å². The highest BCUT2D eigenvalue weighted by molar-refractivity contribution is 7.89. The highest BCUT2D eigenvalue weighted by Crippen LogP contribution is 2.39. The molecule has 7 heteroatoms. The third-order valence-electron chi connectivity index (χ3n) is 6.45. The van der Waals surface area contributed by atoms with Gasteiger partial charge in [-0.1, -0.05) is 42.8 Å². The molecule has 0 unspecified atom stereocenters. The number of para-hydroxylation sites is 1. The second-order valence-corrected chi connectivity index (χ2v) is 10.5. The molecule has 1 atom stereocenters. The van der Waals surface area contributed by atoms with Gasteiger partial charge in [0.05, 0.1) is 4.90 Å². The topological polar surface area (TPSA) is 69.7 Å². The zero-order valence-corrected chi connectivity index (χ0v) is 19.4. The molecule has 2 aliphatic rings. The summed E-state index contributed by atoms with van der Waals surface area (Å²) < 4.78 is 27.5. The minimum Gasteiger partial charge on any atom is -0.361 e. The van der Waals surface area contributed by atoms with Crippen molar-refractivity contribution < 1.29 is 13.2 Å². The number of piperidine rings is 1. The normalized spacial score (nSPS) is 18.9. The van der Waals surface area contributed by atoms with Crippen molar-refractivity contribution in [3.8, 4) is 0 Å². The second kappa shape index (κ2) is 8.65. The molecule has 0 aromatic heterocycles. The maximum absolute atomic E-state index is 13.3. The maximum atomic E-state index is 13.3. The van der Waals surface area contributed by atoms with Gasteiger partial charge in [0.25, 0.3) is 5.91 Å². The van der Waals surface area contributed by atoms with Crippen LogP contribution in [0.25, 0.3) is 0 Å². The summed E-state index contributed by atoms with van der Waals surface area (Å²) >= 11 is 0. The minimum atomic E-state index is -3.48. The van der Waals surface area contributed by atoms with E-state index in [9.17, 15) is 13.2 Å². The van der Waals surface area contributed by atoms with E-state index in [1.165, 1.54) is 0 Å². The molecule has 3 aromatic carbocycles. The van der Waals surface area contributed by atoms with Gasteiger partial charge in [0, 0.05) is 35.6 Å². The summed E-state index contributed by atoms with van der Waals surface area (Å²) in [7, 11) is -3.48. The van der Waals surface area contributed by atoms with Crippen LogP contribution in [0.3, 0.4) is 0 Å². The Morgan fingerprint density at radius 2 is 1.52 bits per heavy atom. The van der Waals surface area contributed by atoms with Crippen molar-refractivity contribution in [2.75, 3.05) is 23.3 Å². The van der Waals surface area contributed by atoms with E-state index in [4.69, 9.17) is 0 Å². The van der Waals surface area contributed by atoms with Crippen molar-refractivity contribution in [3.05, 3.63) is 89.5 Å². The number of hydrogen-bond donors (Lipinski definition) is 1. The smallest absolute Gasteiger partial charge is 0.260 e. The van der Waals surface area contributed by atoms with Crippen LogP contribution >= 0.6 is 0 Å². The molecule has 0 aliphatic carbocycles. The number of nitrogens with zero attached hydrogens (tertiary/aromatic N) is 2. The number of anilines is 2. The zero-order valence-electron chi connectivity index (χ0n) is 18.6. The van der Waals surface area contributed by atoms with Gasteiger partial charge in [-0.05, 0) is 61.7 Å².